The fourth-order valence-electron chi connectivity index (χ4n) is 2.77. The van der Waals surface area contributed by atoms with Crippen LogP contribution in [0.3, 0.4) is 0 Å². The molecule has 3 aromatic carbocycles. The summed E-state index contributed by atoms with van der Waals surface area (Å²) in [6.45, 7) is 0. The van der Waals surface area contributed by atoms with Gasteiger partial charge in [-0.1, -0.05) is 24.3 Å². The number of anilines is 3. The summed E-state index contributed by atoms with van der Waals surface area (Å²) in [6.07, 6.45) is 3.08. The molecule has 0 aliphatic carbocycles. The van der Waals surface area contributed by atoms with Gasteiger partial charge in [-0.15, -0.1) is 0 Å². The smallest absolute Gasteiger partial charge is 0.250 e. The lowest BCUT2D eigenvalue weighted by molar-refractivity contribution is -0.115. The number of nitrogens with one attached hydrogen (secondary N) is 3. The van der Waals surface area contributed by atoms with Crippen molar-refractivity contribution in [2.75, 3.05) is 24.9 Å². The number of carbonyl (C=O) groups is 1. The molecule has 0 bridgehead atoms. The maximum atomic E-state index is 12.2. The Morgan fingerprint density at radius 3 is 2.16 bits per heavy atom. The molecule has 1 amide bonds. The van der Waals surface area contributed by atoms with Crippen LogP contribution in [0.2, 0.25) is 0 Å². The van der Waals surface area contributed by atoms with Crippen molar-refractivity contribution < 1.29 is 14.3 Å². The van der Waals surface area contributed by atoms with E-state index in [2.05, 4.69) is 16.0 Å². The van der Waals surface area contributed by atoms with E-state index in [1.165, 1.54) is 6.08 Å². The number of thiocarbonyl (C=S) groups is 1. The van der Waals surface area contributed by atoms with E-state index >= 15 is 0 Å². The van der Waals surface area contributed by atoms with Gasteiger partial charge in [-0.3, -0.25) is 10.1 Å². The van der Waals surface area contributed by atoms with Crippen LogP contribution in [0.4, 0.5) is 17.1 Å². The van der Waals surface area contributed by atoms with Crippen molar-refractivity contribution >= 4 is 46.4 Å². The molecule has 0 heterocycles. The maximum absolute atomic E-state index is 12.2. The van der Waals surface area contributed by atoms with Gasteiger partial charge < -0.3 is 20.1 Å². The number of carbonyl (C=O) groups excluding carboxylic acids is 1. The molecule has 0 spiro atoms. The SMILES string of the molecule is COc1ccc(C=CC(=O)NC(=S)Nc2ccc(Nc3ccccc3)cc2)cc1OC. The Hall–Kier alpha value is -3.84. The van der Waals surface area contributed by atoms with Crippen molar-refractivity contribution in [3.8, 4) is 11.5 Å². The first kappa shape index (κ1) is 21.9. The number of benzene rings is 3. The quantitative estimate of drug-likeness (QED) is 0.361. The van der Waals surface area contributed by atoms with Gasteiger partial charge >= 0.3 is 0 Å². The Labute approximate surface area is 186 Å². The Balaban J connectivity index is 1.52. The number of para-hydroxylation sites is 1. The van der Waals surface area contributed by atoms with E-state index in [-0.39, 0.29) is 11.0 Å². The zero-order valence-electron chi connectivity index (χ0n) is 17.2. The molecule has 3 rings (SSSR count). The number of hydrogen-bond donors (Lipinski definition) is 3. The van der Waals surface area contributed by atoms with E-state index in [4.69, 9.17) is 21.7 Å². The molecule has 0 fully saturated rings. The van der Waals surface area contributed by atoms with Gasteiger partial charge in [0.05, 0.1) is 14.2 Å². The third-order valence-electron chi connectivity index (χ3n) is 4.28. The molecular weight excluding hydrogens is 410 g/mol. The lowest BCUT2D eigenvalue weighted by Gasteiger charge is -2.10. The molecule has 0 unspecified atom stereocenters. The highest BCUT2D eigenvalue weighted by atomic mass is 32.1. The Kier molecular flexibility index (Phi) is 7.61. The van der Waals surface area contributed by atoms with E-state index in [1.54, 1.807) is 32.4 Å². The number of amides is 1. The molecule has 7 heteroatoms. The molecule has 0 aliphatic rings. The standard InChI is InChI=1S/C24H23N3O3S/c1-29-21-14-8-17(16-22(21)30-2)9-15-23(28)27-24(31)26-20-12-10-19(11-13-20)25-18-6-4-3-5-7-18/h3-16,25H,1-2H3,(H2,26,27,28,31). The van der Waals surface area contributed by atoms with E-state index < -0.39 is 0 Å². The number of rotatable bonds is 7. The van der Waals surface area contributed by atoms with Crippen LogP contribution >= 0.6 is 12.2 Å². The minimum absolute atomic E-state index is 0.214. The third kappa shape index (κ3) is 6.58. The highest BCUT2D eigenvalue weighted by molar-refractivity contribution is 7.80. The number of ether oxygens (including phenoxy) is 2. The molecule has 0 aliphatic heterocycles. The predicted molar refractivity (Wildman–Crippen MR) is 129 cm³/mol. The topological polar surface area (TPSA) is 71.6 Å². The Bertz CT molecular complexity index is 1070. The summed E-state index contributed by atoms with van der Waals surface area (Å²) in [7, 11) is 3.13. The summed E-state index contributed by atoms with van der Waals surface area (Å²) in [5, 5.41) is 9.15. The number of methoxy groups -OCH3 is 2. The van der Waals surface area contributed by atoms with E-state index in [0.717, 1.165) is 22.6 Å². The van der Waals surface area contributed by atoms with Crippen molar-refractivity contribution in [3.05, 3.63) is 84.4 Å². The van der Waals surface area contributed by atoms with Crippen molar-refractivity contribution in [3.63, 3.8) is 0 Å². The summed E-state index contributed by atoms with van der Waals surface area (Å²) in [6, 6.07) is 22.9. The normalized spacial score (nSPS) is 10.4. The van der Waals surface area contributed by atoms with Crippen LogP contribution in [0.25, 0.3) is 6.08 Å². The molecule has 3 aromatic rings. The first-order valence-electron chi connectivity index (χ1n) is 9.51. The molecule has 3 N–H and O–H groups in total. The Morgan fingerprint density at radius 2 is 1.48 bits per heavy atom. The second-order valence-corrected chi connectivity index (χ2v) is 6.87. The van der Waals surface area contributed by atoms with Crippen LogP contribution in [0.5, 0.6) is 11.5 Å². The second-order valence-electron chi connectivity index (χ2n) is 6.46. The first-order valence-corrected chi connectivity index (χ1v) is 9.92. The van der Waals surface area contributed by atoms with E-state index in [1.807, 2.05) is 60.7 Å². The molecular formula is C24H23N3O3S. The van der Waals surface area contributed by atoms with Gasteiger partial charge in [0.25, 0.3) is 0 Å². The van der Waals surface area contributed by atoms with Crippen LogP contribution in [-0.4, -0.2) is 25.2 Å². The second kappa shape index (κ2) is 10.8. The minimum atomic E-state index is -0.338. The average molecular weight is 434 g/mol. The summed E-state index contributed by atoms with van der Waals surface area (Å²) in [5.74, 6) is 0.876. The molecule has 0 saturated carbocycles. The highest BCUT2D eigenvalue weighted by Gasteiger charge is 2.05. The van der Waals surface area contributed by atoms with Crippen LogP contribution < -0.4 is 25.4 Å². The van der Waals surface area contributed by atoms with E-state index in [9.17, 15) is 4.79 Å². The zero-order valence-corrected chi connectivity index (χ0v) is 18.0. The predicted octanol–water partition coefficient (Wildman–Crippen LogP) is 4.97. The van der Waals surface area contributed by atoms with Crippen molar-refractivity contribution in [2.45, 2.75) is 0 Å². The van der Waals surface area contributed by atoms with Crippen molar-refractivity contribution in [2.24, 2.45) is 0 Å². The van der Waals surface area contributed by atoms with Gasteiger partial charge in [0, 0.05) is 23.1 Å². The van der Waals surface area contributed by atoms with Gasteiger partial charge in [-0.2, -0.15) is 0 Å². The minimum Gasteiger partial charge on any atom is -0.493 e. The highest BCUT2D eigenvalue weighted by Crippen LogP contribution is 2.28. The lowest BCUT2D eigenvalue weighted by atomic mass is 10.2. The van der Waals surface area contributed by atoms with E-state index in [0.29, 0.717) is 11.5 Å². The molecule has 0 radical (unpaired) electrons. The fraction of sp³-hybridized carbons (Fsp3) is 0.0833. The summed E-state index contributed by atoms with van der Waals surface area (Å²) in [4.78, 5) is 12.2. The first-order chi connectivity index (χ1) is 15.1. The van der Waals surface area contributed by atoms with Crippen molar-refractivity contribution in [1.29, 1.82) is 0 Å². The number of hydrogen-bond acceptors (Lipinski definition) is 5. The molecule has 158 valence electrons. The molecule has 0 aromatic heterocycles. The molecule has 0 saturated heterocycles. The van der Waals surface area contributed by atoms with Crippen LogP contribution in [0, 0.1) is 0 Å². The van der Waals surface area contributed by atoms with Gasteiger partial charge in [0.1, 0.15) is 0 Å². The summed E-state index contributed by atoms with van der Waals surface area (Å²) in [5.41, 5.74) is 3.53. The van der Waals surface area contributed by atoms with Crippen molar-refractivity contribution in [1.82, 2.24) is 5.32 Å². The third-order valence-corrected chi connectivity index (χ3v) is 4.48. The molecule has 0 atom stereocenters. The van der Waals surface area contributed by atoms with Crippen LogP contribution in [-0.2, 0) is 4.79 Å². The van der Waals surface area contributed by atoms with Gasteiger partial charge in [0.15, 0.2) is 16.6 Å². The molecule has 6 nitrogen and oxygen atoms in total. The fourth-order valence-corrected chi connectivity index (χ4v) is 2.99. The van der Waals surface area contributed by atoms with Gasteiger partial charge in [-0.05, 0) is 72.4 Å². The monoisotopic (exact) mass is 433 g/mol. The zero-order chi connectivity index (χ0) is 22.1. The summed E-state index contributed by atoms with van der Waals surface area (Å²) < 4.78 is 10.5. The largest absolute Gasteiger partial charge is 0.493 e. The Morgan fingerprint density at radius 1 is 0.839 bits per heavy atom. The van der Waals surface area contributed by atoms with Crippen LogP contribution in [0.15, 0.2) is 78.9 Å². The van der Waals surface area contributed by atoms with Crippen LogP contribution in [0.1, 0.15) is 5.56 Å². The van der Waals surface area contributed by atoms with Gasteiger partial charge in [-0.25, -0.2) is 0 Å². The average Bonchev–Trinajstić information content (AvgIpc) is 2.79. The summed E-state index contributed by atoms with van der Waals surface area (Å²) >= 11 is 5.22. The maximum Gasteiger partial charge on any atom is 0.250 e. The lowest BCUT2D eigenvalue weighted by Crippen LogP contribution is -2.32. The molecule has 31 heavy (non-hydrogen) atoms. The van der Waals surface area contributed by atoms with Gasteiger partial charge in [0.2, 0.25) is 5.91 Å².